The van der Waals surface area contributed by atoms with E-state index in [2.05, 4.69) is 25.8 Å². The molecule has 21 heavy (non-hydrogen) atoms. The minimum atomic E-state index is -2.60. The van der Waals surface area contributed by atoms with Crippen molar-refractivity contribution < 1.29 is 8.78 Å². The number of imidazole rings is 1. The number of hydrogen-bond donors (Lipinski definition) is 0. The zero-order chi connectivity index (χ0) is 15.7. The molecule has 0 aliphatic carbocycles. The normalized spacial score (nSPS) is 12.3. The van der Waals surface area contributed by atoms with Gasteiger partial charge in [-0.3, -0.25) is 0 Å². The van der Waals surface area contributed by atoms with Gasteiger partial charge in [0, 0.05) is 0 Å². The Kier molecular flexibility index (Phi) is 8.83. The second kappa shape index (κ2) is 9.80. The van der Waals surface area contributed by atoms with Crippen LogP contribution in [0.25, 0.3) is 0 Å². The van der Waals surface area contributed by atoms with Gasteiger partial charge in [0.05, 0.1) is 0 Å². The number of alkyl halides is 2. The molecule has 122 valence electrons. The van der Waals surface area contributed by atoms with Crippen molar-refractivity contribution in [3.8, 4) is 0 Å². The van der Waals surface area contributed by atoms with Crippen molar-refractivity contribution in [3.05, 3.63) is 12.5 Å². The number of unbranched alkanes of at least 4 members (excludes halogenated alkanes) is 3. The molecule has 0 saturated carbocycles. The summed E-state index contributed by atoms with van der Waals surface area (Å²) >= 11 is -2.60. The second-order valence-electron chi connectivity index (χ2n) is 6.07. The van der Waals surface area contributed by atoms with Crippen molar-refractivity contribution in [2.45, 2.75) is 79.2 Å². The Balaban J connectivity index is 3.03. The topological polar surface area (TPSA) is 17.8 Å². The van der Waals surface area contributed by atoms with Gasteiger partial charge in [-0.15, -0.1) is 0 Å². The van der Waals surface area contributed by atoms with E-state index in [0.29, 0.717) is 0 Å². The van der Waals surface area contributed by atoms with Crippen LogP contribution in [0.2, 0.25) is 13.3 Å². The number of rotatable bonds is 11. The van der Waals surface area contributed by atoms with E-state index in [0.717, 1.165) is 8.28 Å². The fourth-order valence-electron chi connectivity index (χ4n) is 3.02. The molecule has 1 rings (SSSR count). The molecule has 0 aromatic carbocycles. The summed E-state index contributed by atoms with van der Waals surface area (Å²) < 4.78 is 31.6. The molecule has 2 nitrogen and oxygen atoms in total. The molecule has 0 unspecified atom stereocenters. The summed E-state index contributed by atoms with van der Waals surface area (Å²) in [5.41, 5.74) is 0. The van der Waals surface area contributed by atoms with E-state index < -0.39 is 24.9 Å². The van der Waals surface area contributed by atoms with Gasteiger partial charge in [-0.2, -0.15) is 0 Å². The van der Waals surface area contributed by atoms with Gasteiger partial charge >= 0.3 is 132 Å². The van der Waals surface area contributed by atoms with Crippen molar-refractivity contribution >= 4 is 22.1 Å². The van der Waals surface area contributed by atoms with Gasteiger partial charge in [-0.05, 0) is 0 Å². The van der Waals surface area contributed by atoms with Crippen LogP contribution in [0.15, 0.2) is 12.5 Å². The van der Waals surface area contributed by atoms with Gasteiger partial charge in [0.25, 0.3) is 0 Å². The Morgan fingerprint density at radius 1 is 1.00 bits per heavy atom. The monoisotopic (exact) mass is 408 g/mol. The first-order chi connectivity index (χ1) is 10.1. The van der Waals surface area contributed by atoms with Gasteiger partial charge in [0.2, 0.25) is 0 Å². The number of aromatic nitrogens is 2. The van der Waals surface area contributed by atoms with Crippen LogP contribution in [0.3, 0.4) is 0 Å². The standard InChI is InChI=1S/C4H3F2N2.3C4H9.Sn/c5-4(6)8-2-1-7-3-8;3*1-3-4-2;/h2-4H;3*1,3-4H2,2H3;. The van der Waals surface area contributed by atoms with Crippen molar-refractivity contribution in [2.75, 3.05) is 0 Å². The average Bonchev–Trinajstić information content (AvgIpc) is 2.97. The molecule has 0 N–H and O–H groups in total. The van der Waals surface area contributed by atoms with Crippen LogP contribution in [0.1, 0.15) is 65.8 Å². The van der Waals surface area contributed by atoms with Gasteiger partial charge < -0.3 is 0 Å². The van der Waals surface area contributed by atoms with E-state index in [4.69, 9.17) is 0 Å². The van der Waals surface area contributed by atoms with E-state index in [9.17, 15) is 8.78 Å². The third kappa shape index (κ3) is 5.53. The molecule has 1 heterocycles. The molecule has 0 fully saturated rings. The van der Waals surface area contributed by atoms with Gasteiger partial charge in [-0.1, -0.05) is 0 Å². The van der Waals surface area contributed by atoms with E-state index >= 15 is 0 Å². The van der Waals surface area contributed by atoms with E-state index in [1.807, 2.05) is 0 Å². The van der Waals surface area contributed by atoms with Crippen LogP contribution < -0.4 is 3.71 Å². The van der Waals surface area contributed by atoms with E-state index in [1.54, 1.807) is 6.20 Å². The summed E-state index contributed by atoms with van der Waals surface area (Å²) in [6, 6.07) is 0. The first-order valence-electron chi connectivity index (χ1n) is 8.41. The van der Waals surface area contributed by atoms with Gasteiger partial charge in [0.1, 0.15) is 0 Å². The van der Waals surface area contributed by atoms with Gasteiger partial charge in [-0.25, -0.2) is 0 Å². The van der Waals surface area contributed by atoms with E-state index in [1.165, 1.54) is 58.2 Å². The summed E-state index contributed by atoms with van der Waals surface area (Å²) in [5.74, 6) is 0. The molecule has 0 amide bonds. The van der Waals surface area contributed by atoms with Crippen molar-refractivity contribution in [1.82, 2.24) is 9.55 Å². The molecule has 0 saturated heterocycles. The molecule has 1 aromatic heterocycles. The summed E-state index contributed by atoms with van der Waals surface area (Å²) in [5, 5.41) is 0. The Bertz CT molecular complexity index is 372. The molecule has 0 atom stereocenters. The number of halogens is 2. The first kappa shape index (κ1) is 18.9. The molecule has 0 spiro atoms. The summed E-state index contributed by atoms with van der Waals surface area (Å²) in [4.78, 5) is 4.44. The molecule has 0 aliphatic heterocycles. The Hall–Kier alpha value is -0.131. The fraction of sp³-hybridized carbons (Fsp3) is 0.812. The SMILES string of the molecule is CCC[CH2][Sn]([CH2]CCC)([CH2]CCC)[c]1cn(C(F)F)cn1. The Labute approximate surface area is 132 Å². The van der Waals surface area contributed by atoms with Crippen LogP contribution in [0, 0.1) is 0 Å². The molecular weight excluding hydrogens is 377 g/mol. The predicted octanol–water partition coefficient (Wildman–Crippen LogP) is 5.33. The van der Waals surface area contributed by atoms with Crippen molar-refractivity contribution in [1.29, 1.82) is 0 Å². The maximum atomic E-state index is 12.9. The average molecular weight is 407 g/mol. The summed E-state index contributed by atoms with van der Waals surface area (Å²) in [6.45, 7) is 4.19. The predicted molar refractivity (Wildman–Crippen MR) is 88.0 cm³/mol. The Morgan fingerprint density at radius 2 is 1.48 bits per heavy atom. The second-order valence-corrected chi connectivity index (χ2v) is 19.1. The molecule has 1 aromatic rings. The van der Waals surface area contributed by atoms with Crippen molar-refractivity contribution in [3.63, 3.8) is 0 Å². The van der Waals surface area contributed by atoms with Crippen LogP contribution in [0.4, 0.5) is 8.78 Å². The quantitative estimate of drug-likeness (QED) is 0.454. The minimum absolute atomic E-state index is 0.991. The van der Waals surface area contributed by atoms with E-state index in [-0.39, 0.29) is 0 Å². The molecule has 0 aliphatic rings. The molecular formula is C16H30F2N2Sn. The van der Waals surface area contributed by atoms with Crippen LogP contribution in [-0.4, -0.2) is 27.9 Å². The summed E-state index contributed by atoms with van der Waals surface area (Å²) in [7, 11) is 0. The number of nitrogens with zero attached hydrogens (tertiary/aromatic N) is 2. The zero-order valence-electron chi connectivity index (χ0n) is 13.7. The first-order valence-corrected chi connectivity index (χ1v) is 15.9. The number of hydrogen-bond acceptors (Lipinski definition) is 1. The van der Waals surface area contributed by atoms with Crippen molar-refractivity contribution in [2.24, 2.45) is 0 Å². The Morgan fingerprint density at radius 3 is 1.81 bits per heavy atom. The third-order valence-electron chi connectivity index (χ3n) is 4.40. The van der Waals surface area contributed by atoms with Crippen LogP contribution in [0.5, 0.6) is 0 Å². The summed E-state index contributed by atoms with van der Waals surface area (Å²) in [6.07, 6.45) is 10.3. The molecule has 0 bridgehead atoms. The zero-order valence-corrected chi connectivity index (χ0v) is 16.6. The van der Waals surface area contributed by atoms with Crippen LogP contribution in [-0.2, 0) is 0 Å². The molecule has 0 radical (unpaired) electrons. The molecule has 5 heteroatoms. The third-order valence-corrected chi connectivity index (χ3v) is 19.5. The maximum absolute atomic E-state index is 12.9. The van der Waals surface area contributed by atoms with Crippen LogP contribution >= 0.6 is 0 Å². The van der Waals surface area contributed by atoms with Gasteiger partial charge in [0.15, 0.2) is 0 Å². The fourth-order valence-corrected chi connectivity index (χ4v) is 18.3.